The summed E-state index contributed by atoms with van der Waals surface area (Å²) in [5.74, 6) is -1.26. The molecule has 2 heterocycles. The maximum atomic E-state index is 13.1. The summed E-state index contributed by atoms with van der Waals surface area (Å²) >= 11 is 0. The van der Waals surface area contributed by atoms with Crippen molar-refractivity contribution in [3.8, 4) is 5.75 Å². The van der Waals surface area contributed by atoms with Gasteiger partial charge in [-0.3, -0.25) is 24.6 Å². The van der Waals surface area contributed by atoms with E-state index in [-0.39, 0.29) is 22.8 Å². The average molecular weight is 459 g/mol. The predicted octanol–water partition coefficient (Wildman–Crippen LogP) is 4.40. The molecule has 3 aromatic rings. The molecule has 1 N–H and O–H groups in total. The first kappa shape index (κ1) is 22.7. The SMILES string of the molecule is CCCOc1ccc(/C(O)=C2\C(=O)C(=O)N(c3ccccn3)[C@@H]2c2ccc([N+](=O)[O-])cc2)cc1. The smallest absolute Gasteiger partial charge is 0.301 e. The molecule has 172 valence electrons. The highest BCUT2D eigenvalue weighted by Gasteiger charge is 2.47. The van der Waals surface area contributed by atoms with E-state index >= 15 is 0 Å². The molecule has 1 atom stereocenters. The number of carbonyl (C=O) groups is 2. The number of ketones is 1. The number of Topliss-reactive ketones (excluding diaryl/α,β-unsaturated/α-hetero) is 1. The first-order chi connectivity index (χ1) is 16.4. The molecule has 2 aromatic carbocycles. The van der Waals surface area contributed by atoms with Crippen molar-refractivity contribution in [1.29, 1.82) is 0 Å². The standard InChI is InChI=1S/C25H21N3O6/c1-2-15-34-19-12-8-17(9-13-19)23(29)21-22(16-6-10-18(11-7-16)28(32)33)27(25(31)24(21)30)20-5-3-4-14-26-20/h3-14,22,29H,2,15H2,1H3/b23-21+/t22-/m1/s1. The zero-order chi connectivity index (χ0) is 24.2. The Balaban J connectivity index is 1.84. The van der Waals surface area contributed by atoms with Crippen molar-refractivity contribution in [1.82, 2.24) is 4.98 Å². The zero-order valence-electron chi connectivity index (χ0n) is 18.2. The van der Waals surface area contributed by atoms with Crippen LogP contribution in [0.2, 0.25) is 0 Å². The summed E-state index contributed by atoms with van der Waals surface area (Å²) in [6.07, 6.45) is 2.32. The van der Waals surface area contributed by atoms with Crippen LogP contribution in [0.3, 0.4) is 0 Å². The highest BCUT2D eigenvalue weighted by molar-refractivity contribution is 6.51. The average Bonchev–Trinajstić information content (AvgIpc) is 3.13. The fraction of sp³-hybridized carbons (Fsp3) is 0.160. The summed E-state index contributed by atoms with van der Waals surface area (Å²) in [5, 5.41) is 22.2. The molecule has 0 bridgehead atoms. The first-order valence-corrected chi connectivity index (χ1v) is 10.6. The number of carbonyl (C=O) groups excluding carboxylic acids is 2. The molecule has 1 amide bonds. The van der Waals surface area contributed by atoms with Gasteiger partial charge in [-0.15, -0.1) is 0 Å². The Labute approximate surface area is 195 Å². The number of aliphatic hydroxyl groups excluding tert-OH is 1. The molecule has 1 aliphatic rings. The highest BCUT2D eigenvalue weighted by atomic mass is 16.6. The number of nitro groups is 1. The zero-order valence-corrected chi connectivity index (χ0v) is 18.2. The fourth-order valence-electron chi connectivity index (χ4n) is 3.74. The lowest BCUT2D eigenvalue weighted by Crippen LogP contribution is -2.30. The van der Waals surface area contributed by atoms with Gasteiger partial charge in [0.25, 0.3) is 11.5 Å². The second kappa shape index (κ2) is 9.53. The van der Waals surface area contributed by atoms with Crippen LogP contribution in [0.4, 0.5) is 11.5 Å². The van der Waals surface area contributed by atoms with E-state index < -0.39 is 22.7 Å². The summed E-state index contributed by atoms with van der Waals surface area (Å²) in [6, 6.07) is 15.9. The lowest BCUT2D eigenvalue weighted by molar-refractivity contribution is -0.384. The van der Waals surface area contributed by atoms with Crippen LogP contribution in [0, 0.1) is 10.1 Å². The van der Waals surface area contributed by atoms with Gasteiger partial charge in [0.2, 0.25) is 0 Å². The van der Waals surface area contributed by atoms with Crippen LogP contribution in [-0.2, 0) is 9.59 Å². The minimum absolute atomic E-state index is 0.133. The largest absolute Gasteiger partial charge is 0.507 e. The van der Waals surface area contributed by atoms with Gasteiger partial charge in [0.1, 0.15) is 17.3 Å². The van der Waals surface area contributed by atoms with Gasteiger partial charge in [0.15, 0.2) is 0 Å². The number of aliphatic hydroxyl groups is 1. The van der Waals surface area contributed by atoms with Gasteiger partial charge < -0.3 is 9.84 Å². The van der Waals surface area contributed by atoms with Gasteiger partial charge in [-0.2, -0.15) is 0 Å². The second-order valence-corrected chi connectivity index (χ2v) is 7.58. The molecule has 9 nitrogen and oxygen atoms in total. The van der Waals surface area contributed by atoms with E-state index in [1.165, 1.54) is 35.4 Å². The third-order valence-electron chi connectivity index (χ3n) is 5.36. The number of hydrogen-bond donors (Lipinski definition) is 1. The van der Waals surface area contributed by atoms with E-state index in [2.05, 4.69) is 4.98 Å². The number of amides is 1. The molecule has 1 fully saturated rings. The molecule has 1 saturated heterocycles. The van der Waals surface area contributed by atoms with Crippen molar-refractivity contribution in [2.45, 2.75) is 19.4 Å². The third kappa shape index (κ3) is 4.23. The van der Waals surface area contributed by atoms with Crippen LogP contribution in [0.25, 0.3) is 5.76 Å². The lowest BCUT2D eigenvalue weighted by atomic mass is 9.95. The van der Waals surface area contributed by atoms with Crippen LogP contribution in [0.15, 0.2) is 78.5 Å². The number of non-ortho nitro benzene ring substituents is 1. The molecule has 0 aliphatic carbocycles. The number of hydrogen-bond acceptors (Lipinski definition) is 7. The minimum Gasteiger partial charge on any atom is -0.507 e. The first-order valence-electron chi connectivity index (χ1n) is 10.6. The van der Waals surface area contributed by atoms with Gasteiger partial charge in [-0.25, -0.2) is 4.98 Å². The Hall–Kier alpha value is -4.53. The van der Waals surface area contributed by atoms with E-state index in [4.69, 9.17) is 4.74 Å². The van der Waals surface area contributed by atoms with Crippen LogP contribution in [-0.4, -0.2) is 33.3 Å². The molecule has 0 radical (unpaired) electrons. The summed E-state index contributed by atoms with van der Waals surface area (Å²) in [5.41, 5.74) is 0.475. The summed E-state index contributed by atoms with van der Waals surface area (Å²) < 4.78 is 5.56. The Bertz CT molecular complexity index is 1250. The van der Waals surface area contributed by atoms with E-state index in [0.717, 1.165) is 6.42 Å². The molecule has 1 aromatic heterocycles. The summed E-state index contributed by atoms with van der Waals surface area (Å²) in [6.45, 7) is 2.53. The number of nitrogens with zero attached hydrogens (tertiary/aromatic N) is 3. The molecule has 4 rings (SSSR count). The molecule has 9 heteroatoms. The number of nitro benzene ring substituents is 1. The molecular formula is C25H21N3O6. The Morgan fingerprint density at radius 3 is 2.38 bits per heavy atom. The highest BCUT2D eigenvalue weighted by Crippen LogP contribution is 2.41. The summed E-state index contributed by atoms with van der Waals surface area (Å²) in [4.78, 5) is 42.1. The topological polar surface area (TPSA) is 123 Å². The van der Waals surface area contributed by atoms with Crippen LogP contribution < -0.4 is 9.64 Å². The van der Waals surface area contributed by atoms with Gasteiger partial charge in [-0.05, 0) is 60.5 Å². The Morgan fingerprint density at radius 2 is 1.79 bits per heavy atom. The Morgan fingerprint density at radius 1 is 1.09 bits per heavy atom. The van der Waals surface area contributed by atoms with Gasteiger partial charge in [-0.1, -0.05) is 13.0 Å². The number of pyridine rings is 1. The summed E-state index contributed by atoms with van der Waals surface area (Å²) in [7, 11) is 0. The number of anilines is 1. The molecule has 0 spiro atoms. The monoisotopic (exact) mass is 459 g/mol. The predicted molar refractivity (Wildman–Crippen MR) is 124 cm³/mol. The molecule has 0 saturated carbocycles. The van der Waals surface area contributed by atoms with Crippen molar-refractivity contribution < 1.29 is 24.4 Å². The van der Waals surface area contributed by atoms with Crippen molar-refractivity contribution in [2.24, 2.45) is 0 Å². The van der Waals surface area contributed by atoms with Gasteiger partial charge in [0.05, 0.1) is 23.1 Å². The number of benzene rings is 2. The van der Waals surface area contributed by atoms with Gasteiger partial charge in [0, 0.05) is 23.9 Å². The third-order valence-corrected chi connectivity index (χ3v) is 5.36. The quantitative estimate of drug-likeness (QED) is 0.183. The van der Waals surface area contributed by atoms with Gasteiger partial charge >= 0.3 is 5.91 Å². The molecule has 1 aliphatic heterocycles. The maximum absolute atomic E-state index is 13.1. The van der Waals surface area contributed by atoms with E-state index in [1.807, 2.05) is 6.92 Å². The van der Waals surface area contributed by atoms with E-state index in [0.29, 0.717) is 23.5 Å². The van der Waals surface area contributed by atoms with Crippen LogP contribution >= 0.6 is 0 Å². The maximum Gasteiger partial charge on any atom is 0.301 e. The van der Waals surface area contributed by atoms with Crippen molar-refractivity contribution in [3.63, 3.8) is 0 Å². The lowest BCUT2D eigenvalue weighted by Gasteiger charge is -2.24. The number of rotatable bonds is 7. The molecule has 34 heavy (non-hydrogen) atoms. The van der Waals surface area contributed by atoms with E-state index in [1.54, 1.807) is 42.5 Å². The van der Waals surface area contributed by atoms with Crippen LogP contribution in [0.5, 0.6) is 5.75 Å². The number of ether oxygens (including phenoxy) is 1. The minimum atomic E-state index is -1.02. The van der Waals surface area contributed by atoms with Crippen molar-refractivity contribution in [2.75, 3.05) is 11.5 Å². The molecule has 0 unspecified atom stereocenters. The van der Waals surface area contributed by atoms with Crippen molar-refractivity contribution >= 4 is 29.0 Å². The number of aromatic nitrogens is 1. The second-order valence-electron chi connectivity index (χ2n) is 7.58. The van der Waals surface area contributed by atoms with Crippen LogP contribution in [0.1, 0.15) is 30.5 Å². The molecular weight excluding hydrogens is 438 g/mol. The Kier molecular flexibility index (Phi) is 6.35. The van der Waals surface area contributed by atoms with E-state index in [9.17, 15) is 24.8 Å². The van der Waals surface area contributed by atoms with Crippen molar-refractivity contribution in [3.05, 3.63) is 99.7 Å². The normalized spacial score (nSPS) is 17.1. The fourth-order valence-corrected chi connectivity index (χ4v) is 3.74.